The first-order chi connectivity index (χ1) is 11.7. The second-order valence-electron chi connectivity index (χ2n) is 5.15. The van der Waals surface area contributed by atoms with Gasteiger partial charge in [-0.1, -0.05) is 62.4 Å². The van der Waals surface area contributed by atoms with Crippen molar-refractivity contribution in [3.8, 4) is 5.75 Å². The monoisotopic (exact) mass is 342 g/mol. The summed E-state index contributed by atoms with van der Waals surface area (Å²) in [4.78, 5) is 4.46. The topological polar surface area (TPSA) is 34.1 Å². The van der Waals surface area contributed by atoms with E-state index in [2.05, 4.69) is 29.0 Å². The predicted octanol–water partition coefficient (Wildman–Crippen LogP) is 5.54. The molecule has 24 heavy (non-hydrogen) atoms. The molecular formula is C20H23ClN2O. The Balaban J connectivity index is 0.00000100. The maximum Gasteiger partial charge on any atom is 0.138 e. The third kappa shape index (κ3) is 3.98. The van der Waals surface area contributed by atoms with Gasteiger partial charge in [0.25, 0.3) is 0 Å². The highest BCUT2D eigenvalue weighted by Gasteiger charge is 2.20. The van der Waals surface area contributed by atoms with E-state index in [4.69, 9.17) is 16.3 Å². The fraction of sp³-hybridized carbons (Fsp3) is 0.250. The number of nitrogens with zero attached hydrogens (tertiary/aromatic N) is 1. The van der Waals surface area contributed by atoms with Crippen molar-refractivity contribution in [1.82, 2.24) is 10.3 Å². The fourth-order valence-electron chi connectivity index (χ4n) is 2.56. The molecule has 0 atom stereocenters. The highest BCUT2D eigenvalue weighted by atomic mass is 35.5. The molecule has 2 aromatic rings. The van der Waals surface area contributed by atoms with Crippen LogP contribution in [-0.2, 0) is 0 Å². The Labute approximate surface area is 149 Å². The van der Waals surface area contributed by atoms with Crippen LogP contribution in [0.3, 0.4) is 0 Å². The number of aromatic nitrogens is 1. The highest BCUT2D eigenvalue weighted by Crippen LogP contribution is 2.36. The smallest absolute Gasteiger partial charge is 0.138 e. The molecule has 2 heterocycles. The molecule has 1 aliphatic rings. The van der Waals surface area contributed by atoms with Gasteiger partial charge >= 0.3 is 0 Å². The zero-order chi connectivity index (χ0) is 17.5. The van der Waals surface area contributed by atoms with E-state index in [1.807, 2.05) is 32.0 Å². The normalized spacial score (nSPS) is 13.8. The van der Waals surface area contributed by atoms with E-state index < -0.39 is 0 Å². The molecular weight excluding hydrogens is 320 g/mol. The molecule has 1 aromatic carbocycles. The number of hydrogen-bond donors (Lipinski definition) is 1. The van der Waals surface area contributed by atoms with Crippen molar-refractivity contribution in [2.75, 3.05) is 7.11 Å². The highest BCUT2D eigenvalue weighted by molar-refractivity contribution is 6.32. The number of nitrogens with one attached hydrogen (secondary N) is 1. The first-order valence-corrected chi connectivity index (χ1v) is 8.50. The lowest BCUT2D eigenvalue weighted by molar-refractivity contribution is 0.413. The first-order valence-electron chi connectivity index (χ1n) is 8.12. The Kier molecular flexibility index (Phi) is 6.44. The van der Waals surface area contributed by atoms with E-state index in [-0.39, 0.29) is 0 Å². The lowest BCUT2D eigenvalue weighted by Crippen LogP contribution is -2.19. The third-order valence-corrected chi connectivity index (χ3v) is 3.98. The summed E-state index contributed by atoms with van der Waals surface area (Å²) in [5.41, 5.74) is 5.00. The summed E-state index contributed by atoms with van der Waals surface area (Å²) >= 11 is 6.40. The van der Waals surface area contributed by atoms with Gasteiger partial charge in [0.1, 0.15) is 11.4 Å². The lowest BCUT2D eigenvalue weighted by atomic mass is 9.93. The van der Waals surface area contributed by atoms with Gasteiger partial charge in [-0.15, -0.1) is 0 Å². The van der Waals surface area contributed by atoms with Gasteiger partial charge in [-0.2, -0.15) is 0 Å². The van der Waals surface area contributed by atoms with Crippen LogP contribution in [-0.4, -0.2) is 12.1 Å². The van der Waals surface area contributed by atoms with Crippen LogP contribution < -0.4 is 10.1 Å². The summed E-state index contributed by atoms with van der Waals surface area (Å²) in [5.74, 6) is 0.644. The SMILES string of the molecule is C=C1CCC(c2ccccc2)=C(c2ncc(OC)cc2Cl)N1.CC. The molecule has 0 amide bonds. The van der Waals surface area contributed by atoms with Crippen molar-refractivity contribution in [3.05, 3.63) is 71.2 Å². The van der Waals surface area contributed by atoms with Gasteiger partial charge < -0.3 is 10.1 Å². The molecule has 0 saturated heterocycles. The van der Waals surface area contributed by atoms with Crippen LogP contribution in [0.1, 0.15) is 37.9 Å². The molecule has 3 nitrogen and oxygen atoms in total. The number of pyridine rings is 1. The molecule has 0 aliphatic carbocycles. The molecule has 0 fully saturated rings. The molecule has 0 saturated carbocycles. The third-order valence-electron chi connectivity index (χ3n) is 3.69. The van der Waals surface area contributed by atoms with E-state index in [1.165, 1.54) is 11.1 Å². The number of allylic oxidation sites excluding steroid dienone is 2. The molecule has 1 N–H and O–H groups in total. The van der Waals surface area contributed by atoms with Crippen molar-refractivity contribution in [1.29, 1.82) is 0 Å². The zero-order valence-electron chi connectivity index (χ0n) is 14.4. The van der Waals surface area contributed by atoms with Gasteiger partial charge in [0.05, 0.1) is 24.0 Å². The summed E-state index contributed by atoms with van der Waals surface area (Å²) in [6.45, 7) is 8.04. The Morgan fingerprint density at radius 1 is 1.17 bits per heavy atom. The van der Waals surface area contributed by atoms with Crippen LogP contribution >= 0.6 is 11.6 Å². The average molecular weight is 343 g/mol. The van der Waals surface area contributed by atoms with Crippen LogP contribution in [0.15, 0.2) is 54.9 Å². The predicted molar refractivity (Wildman–Crippen MR) is 102 cm³/mol. The number of hydrogen-bond acceptors (Lipinski definition) is 3. The van der Waals surface area contributed by atoms with E-state index in [0.717, 1.165) is 29.9 Å². The van der Waals surface area contributed by atoms with Gasteiger partial charge in [0.15, 0.2) is 0 Å². The second kappa shape index (κ2) is 8.55. The molecule has 0 spiro atoms. The van der Waals surface area contributed by atoms with E-state index >= 15 is 0 Å². The largest absolute Gasteiger partial charge is 0.495 e. The molecule has 0 unspecified atom stereocenters. The Morgan fingerprint density at radius 3 is 2.50 bits per heavy atom. The van der Waals surface area contributed by atoms with Crippen molar-refractivity contribution < 1.29 is 4.74 Å². The van der Waals surface area contributed by atoms with E-state index in [1.54, 1.807) is 19.4 Å². The van der Waals surface area contributed by atoms with Crippen molar-refractivity contribution >= 4 is 22.9 Å². The minimum absolute atomic E-state index is 0.560. The zero-order valence-corrected chi connectivity index (χ0v) is 15.2. The minimum Gasteiger partial charge on any atom is -0.495 e. The molecule has 0 radical (unpaired) electrons. The summed E-state index contributed by atoms with van der Waals surface area (Å²) in [6.07, 6.45) is 3.49. The van der Waals surface area contributed by atoms with E-state index in [9.17, 15) is 0 Å². The summed E-state index contributed by atoms with van der Waals surface area (Å²) < 4.78 is 5.17. The molecule has 0 bridgehead atoms. The maximum absolute atomic E-state index is 6.40. The number of benzene rings is 1. The van der Waals surface area contributed by atoms with Crippen molar-refractivity contribution in [3.63, 3.8) is 0 Å². The number of rotatable bonds is 3. The Hall–Kier alpha value is -2.26. The van der Waals surface area contributed by atoms with Gasteiger partial charge in [0.2, 0.25) is 0 Å². The maximum atomic E-state index is 6.40. The summed E-state index contributed by atoms with van der Waals surface area (Å²) in [6, 6.07) is 12.1. The number of methoxy groups -OCH3 is 1. The molecule has 126 valence electrons. The standard InChI is InChI=1S/C18H17ClN2O.C2H6/c1-12-8-9-15(13-6-4-3-5-7-13)17(21-12)18-16(19)10-14(22-2)11-20-18;1-2/h3-7,10-11,21H,1,8-9H2,2H3;1-2H3. The molecule has 1 aliphatic heterocycles. The second-order valence-corrected chi connectivity index (χ2v) is 5.56. The summed E-state index contributed by atoms with van der Waals surface area (Å²) in [7, 11) is 1.60. The van der Waals surface area contributed by atoms with Gasteiger partial charge in [-0.25, -0.2) is 4.98 Å². The fourth-order valence-corrected chi connectivity index (χ4v) is 2.81. The Morgan fingerprint density at radius 2 is 1.88 bits per heavy atom. The van der Waals surface area contributed by atoms with Gasteiger partial charge in [-0.05, 0) is 24.0 Å². The molecule has 1 aromatic heterocycles. The van der Waals surface area contributed by atoms with Gasteiger partial charge in [-0.3, -0.25) is 0 Å². The molecule has 3 rings (SSSR count). The van der Waals surface area contributed by atoms with Crippen molar-refractivity contribution in [2.24, 2.45) is 0 Å². The number of ether oxygens (including phenoxy) is 1. The van der Waals surface area contributed by atoms with Crippen LogP contribution in [0.2, 0.25) is 5.02 Å². The molecule has 4 heteroatoms. The van der Waals surface area contributed by atoms with Gasteiger partial charge in [0, 0.05) is 11.8 Å². The van der Waals surface area contributed by atoms with Crippen LogP contribution in [0.5, 0.6) is 5.75 Å². The van der Waals surface area contributed by atoms with Crippen LogP contribution in [0.25, 0.3) is 11.3 Å². The van der Waals surface area contributed by atoms with Crippen molar-refractivity contribution in [2.45, 2.75) is 26.7 Å². The minimum atomic E-state index is 0.560. The first kappa shape index (κ1) is 18.1. The quantitative estimate of drug-likeness (QED) is 0.795. The Bertz CT molecular complexity index is 739. The lowest BCUT2D eigenvalue weighted by Gasteiger charge is -2.24. The van der Waals surface area contributed by atoms with E-state index in [0.29, 0.717) is 10.8 Å². The van der Waals surface area contributed by atoms with Crippen LogP contribution in [0, 0.1) is 0 Å². The average Bonchev–Trinajstić information content (AvgIpc) is 2.64. The number of halogens is 1. The van der Waals surface area contributed by atoms with Crippen LogP contribution in [0.4, 0.5) is 0 Å². The summed E-state index contributed by atoms with van der Waals surface area (Å²) in [5, 5.41) is 3.92.